The van der Waals surface area contributed by atoms with E-state index >= 15 is 0 Å². The van der Waals surface area contributed by atoms with Crippen molar-refractivity contribution in [3.05, 3.63) is 271 Å². The highest BCUT2D eigenvalue weighted by Gasteiger charge is 2.52. The van der Waals surface area contributed by atoms with Crippen LogP contribution in [0.2, 0.25) is 0 Å². The molecule has 16 rings (SSSR count). The summed E-state index contributed by atoms with van der Waals surface area (Å²) < 4.78 is 13.0. The first-order chi connectivity index (χ1) is 37.2. The molecular weight excluding hydrogens is 915 g/mol. The van der Waals surface area contributed by atoms with Crippen molar-refractivity contribution in [1.82, 2.24) is 15.0 Å². The molecule has 348 valence electrons. The first-order valence-electron chi connectivity index (χ1n) is 25.5. The van der Waals surface area contributed by atoms with Gasteiger partial charge in [0, 0.05) is 38.2 Å². The van der Waals surface area contributed by atoms with E-state index in [9.17, 15) is 0 Å². The Morgan fingerprint density at radius 1 is 0.253 bits per heavy atom. The molecular formula is C70H41N3O2. The van der Waals surface area contributed by atoms with Crippen molar-refractivity contribution < 1.29 is 8.83 Å². The third kappa shape index (κ3) is 6.16. The molecule has 0 bridgehead atoms. The van der Waals surface area contributed by atoms with Gasteiger partial charge in [0.25, 0.3) is 0 Å². The first-order valence-corrected chi connectivity index (χ1v) is 25.5. The van der Waals surface area contributed by atoms with Gasteiger partial charge in [-0.2, -0.15) is 0 Å². The second kappa shape index (κ2) is 16.0. The van der Waals surface area contributed by atoms with E-state index in [0.29, 0.717) is 17.5 Å². The predicted molar refractivity (Wildman–Crippen MR) is 303 cm³/mol. The maximum Gasteiger partial charge on any atom is 0.164 e. The van der Waals surface area contributed by atoms with Crippen LogP contribution < -0.4 is 0 Å². The lowest BCUT2D eigenvalue weighted by Gasteiger charge is -2.32. The Labute approximate surface area is 431 Å². The number of benzene rings is 11. The Morgan fingerprint density at radius 2 is 0.733 bits per heavy atom. The van der Waals surface area contributed by atoms with Crippen LogP contribution in [0, 0.1) is 0 Å². The van der Waals surface area contributed by atoms with Crippen molar-refractivity contribution in [3.63, 3.8) is 0 Å². The maximum absolute atomic E-state index is 6.67. The fraction of sp³-hybridized carbons (Fsp3) is 0.0143. The smallest absolute Gasteiger partial charge is 0.164 e. The number of rotatable bonds is 6. The van der Waals surface area contributed by atoms with Crippen LogP contribution in [0.25, 0.3) is 134 Å². The van der Waals surface area contributed by atoms with E-state index in [4.69, 9.17) is 23.8 Å². The molecule has 0 atom stereocenters. The molecule has 75 heavy (non-hydrogen) atoms. The maximum atomic E-state index is 6.67. The average Bonchev–Trinajstić information content (AvgIpc) is 4.23. The lowest BCUT2D eigenvalue weighted by Crippen LogP contribution is -2.26. The number of nitrogens with zero attached hydrogens (tertiary/aromatic N) is 3. The van der Waals surface area contributed by atoms with E-state index in [0.717, 1.165) is 82.8 Å². The summed E-state index contributed by atoms with van der Waals surface area (Å²) in [5.74, 6) is 1.67. The van der Waals surface area contributed by atoms with Gasteiger partial charge in [0.05, 0.1) is 5.41 Å². The van der Waals surface area contributed by atoms with Crippen molar-refractivity contribution in [2.45, 2.75) is 5.41 Å². The standard InChI is InChI=1S/C70H41N3O2/c1-2-15-42(16-3-1)43-31-33-44(34-32-43)67-71-68(48-35-37-54-53-22-7-11-29-61(53)75-64(54)41-48)73-69(72-67)56-25-14-30-63-65(56)57-40-46(36-38-62(57)74-63)45-17-12-18-47(39-45)49-23-13-24-55-52-21-6-10-28-60(52)70(66(49)55)58-26-8-4-19-50(58)51-20-5-9-27-59(51)70/h1-41H. The largest absolute Gasteiger partial charge is 0.456 e. The minimum absolute atomic E-state index is 0.461. The summed E-state index contributed by atoms with van der Waals surface area (Å²) in [5.41, 5.74) is 22.6. The topological polar surface area (TPSA) is 65.0 Å². The monoisotopic (exact) mass is 955 g/mol. The van der Waals surface area contributed by atoms with Crippen LogP contribution in [0.15, 0.2) is 258 Å². The highest BCUT2D eigenvalue weighted by molar-refractivity contribution is 6.13. The number of aromatic nitrogens is 3. The number of hydrogen-bond donors (Lipinski definition) is 0. The van der Waals surface area contributed by atoms with Gasteiger partial charge in [-0.25, -0.2) is 15.0 Å². The van der Waals surface area contributed by atoms with Crippen LogP contribution in [-0.2, 0) is 5.41 Å². The lowest BCUT2D eigenvalue weighted by atomic mass is 9.68. The fourth-order valence-corrected chi connectivity index (χ4v) is 12.5. The summed E-state index contributed by atoms with van der Waals surface area (Å²) in [7, 11) is 0. The van der Waals surface area contributed by atoms with Gasteiger partial charge >= 0.3 is 0 Å². The zero-order valence-corrected chi connectivity index (χ0v) is 40.3. The van der Waals surface area contributed by atoms with Gasteiger partial charge in [0.15, 0.2) is 17.5 Å². The molecule has 0 saturated heterocycles. The Morgan fingerprint density at radius 3 is 1.52 bits per heavy atom. The van der Waals surface area contributed by atoms with E-state index in [1.54, 1.807) is 0 Å². The molecule has 3 heterocycles. The van der Waals surface area contributed by atoms with Crippen molar-refractivity contribution in [1.29, 1.82) is 0 Å². The molecule has 1 spiro atoms. The van der Waals surface area contributed by atoms with Gasteiger partial charge in [0.1, 0.15) is 22.3 Å². The van der Waals surface area contributed by atoms with Crippen LogP contribution in [0.4, 0.5) is 0 Å². The summed E-state index contributed by atoms with van der Waals surface area (Å²) in [5, 5.41) is 4.05. The second-order valence-corrected chi connectivity index (χ2v) is 19.7. The molecule has 0 radical (unpaired) electrons. The Kier molecular flexibility index (Phi) is 8.89. The van der Waals surface area contributed by atoms with Gasteiger partial charge in [-0.05, 0) is 120 Å². The van der Waals surface area contributed by atoms with E-state index in [2.05, 4.69) is 206 Å². The van der Waals surface area contributed by atoms with Crippen LogP contribution >= 0.6 is 0 Å². The fourth-order valence-electron chi connectivity index (χ4n) is 12.5. The Bertz CT molecular complexity index is 4600. The van der Waals surface area contributed by atoms with E-state index in [-0.39, 0.29) is 0 Å². The van der Waals surface area contributed by atoms with Crippen LogP contribution in [0.3, 0.4) is 0 Å². The Balaban J connectivity index is 0.847. The second-order valence-electron chi connectivity index (χ2n) is 19.7. The number of furan rings is 2. The van der Waals surface area contributed by atoms with Crippen molar-refractivity contribution in [2.75, 3.05) is 0 Å². The van der Waals surface area contributed by atoms with Crippen molar-refractivity contribution in [2.24, 2.45) is 0 Å². The van der Waals surface area contributed by atoms with Crippen molar-refractivity contribution in [3.8, 4) is 89.8 Å². The highest BCUT2D eigenvalue weighted by atomic mass is 16.3. The molecule has 0 aliphatic heterocycles. The van der Waals surface area contributed by atoms with Crippen molar-refractivity contribution >= 4 is 43.9 Å². The predicted octanol–water partition coefficient (Wildman–Crippen LogP) is 18.0. The average molecular weight is 956 g/mol. The molecule has 2 aliphatic carbocycles. The normalized spacial score (nSPS) is 12.9. The minimum Gasteiger partial charge on any atom is -0.456 e. The molecule has 14 aromatic rings. The molecule has 0 fully saturated rings. The molecule has 5 nitrogen and oxygen atoms in total. The van der Waals surface area contributed by atoms with E-state index < -0.39 is 5.41 Å². The third-order valence-electron chi connectivity index (χ3n) is 15.8. The number of hydrogen-bond acceptors (Lipinski definition) is 5. The minimum atomic E-state index is -0.461. The first kappa shape index (κ1) is 41.6. The van der Waals surface area contributed by atoms with Gasteiger partial charge in [-0.3, -0.25) is 0 Å². The number of fused-ring (bicyclic) bond motifs is 16. The molecule has 3 aromatic heterocycles. The van der Waals surface area contributed by atoms with E-state index in [1.807, 2.05) is 42.5 Å². The zero-order valence-electron chi connectivity index (χ0n) is 40.3. The van der Waals surface area contributed by atoms with Gasteiger partial charge < -0.3 is 8.83 Å². The molecule has 11 aromatic carbocycles. The highest BCUT2D eigenvalue weighted by Crippen LogP contribution is 2.64. The number of para-hydroxylation sites is 1. The summed E-state index contributed by atoms with van der Waals surface area (Å²) in [6, 6.07) is 88.8. The van der Waals surface area contributed by atoms with Gasteiger partial charge in [-0.15, -0.1) is 0 Å². The molecule has 0 N–H and O–H groups in total. The van der Waals surface area contributed by atoms with Gasteiger partial charge in [0.2, 0.25) is 0 Å². The molecule has 5 heteroatoms. The molecule has 0 saturated carbocycles. The SMILES string of the molecule is c1ccc(-c2ccc(-c3nc(-c4ccc5c(c4)oc4ccccc45)nc(-c4cccc5oc6ccc(-c7cccc(-c8cccc9c8C8(c%10ccccc%10-c%10ccccc%108)c8ccccc8-9)c7)cc6c45)n3)cc2)cc1. The summed E-state index contributed by atoms with van der Waals surface area (Å²) >= 11 is 0. The Hall–Kier alpha value is -9.97. The summed E-state index contributed by atoms with van der Waals surface area (Å²) in [6.07, 6.45) is 0. The summed E-state index contributed by atoms with van der Waals surface area (Å²) in [4.78, 5) is 15.7. The molecule has 0 unspecified atom stereocenters. The van der Waals surface area contributed by atoms with Crippen LogP contribution in [0.1, 0.15) is 22.3 Å². The van der Waals surface area contributed by atoms with E-state index in [1.165, 1.54) is 55.6 Å². The summed E-state index contributed by atoms with van der Waals surface area (Å²) in [6.45, 7) is 0. The molecule has 2 aliphatic rings. The quantitative estimate of drug-likeness (QED) is 0.166. The zero-order chi connectivity index (χ0) is 49.2. The lowest BCUT2D eigenvalue weighted by molar-refractivity contribution is 0.668. The van der Waals surface area contributed by atoms with Crippen LogP contribution in [0.5, 0.6) is 0 Å². The third-order valence-corrected chi connectivity index (χ3v) is 15.8. The molecule has 0 amide bonds. The van der Waals surface area contributed by atoms with Gasteiger partial charge in [-0.1, -0.05) is 206 Å². The van der Waals surface area contributed by atoms with Crippen LogP contribution in [-0.4, -0.2) is 15.0 Å².